The van der Waals surface area contributed by atoms with E-state index in [4.69, 9.17) is 19.9 Å². The van der Waals surface area contributed by atoms with E-state index < -0.39 is 23.6 Å². The van der Waals surface area contributed by atoms with E-state index in [9.17, 15) is 14.9 Å². The Morgan fingerprint density at radius 2 is 2.03 bits per heavy atom. The van der Waals surface area contributed by atoms with Gasteiger partial charge in [0.2, 0.25) is 5.88 Å². The van der Waals surface area contributed by atoms with Crippen molar-refractivity contribution in [2.75, 3.05) is 11.9 Å². The van der Waals surface area contributed by atoms with Crippen LogP contribution in [0.15, 0.2) is 45.5 Å². The van der Waals surface area contributed by atoms with Crippen molar-refractivity contribution in [3.8, 4) is 6.07 Å². The lowest BCUT2D eigenvalue weighted by Crippen LogP contribution is -2.29. The van der Waals surface area contributed by atoms with Crippen LogP contribution in [0.5, 0.6) is 0 Å². The molecular weight excluding hydrogens is 454 g/mol. The molecule has 1 aromatic rings. The molecule has 3 N–H and O–H groups in total. The van der Waals surface area contributed by atoms with Gasteiger partial charge in [-0.2, -0.15) is 5.26 Å². The number of carbonyl (C=O) groups is 2. The lowest BCUT2D eigenvalue weighted by molar-refractivity contribution is -0.139. The van der Waals surface area contributed by atoms with Gasteiger partial charge in [0.05, 0.1) is 18.1 Å². The third-order valence-electron chi connectivity index (χ3n) is 4.06. The van der Waals surface area contributed by atoms with E-state index in [1.54, 1.807) is 52.8 Å². The summed E-state index contributed by atoms with van der Waals surface area (Å²) in [5, 5.41) is 12.4. The van der Waals surface area contributed by atoms with Crippen molar-refractivity contribution in [2.24, 2.45) is 5.73 Å². The number of rotatable bonds is 4. The molecule has 9 heteroatoms. The van der Waals surface area contributed by atoms with Crippen LogP contribution in [-0.4, -0.2) is 24.3 Å². The molecule has 1 aromatic carbocycles. The zero-order chi connectivity index (χ0) is 22.6. The van der Waals surface area contributed by atoms with Gasteiger partial charge in [0.25, 0.3) is 0 Å². The molecule has 0 aliphatic carbocycles. The second-order valence-corrected chi connectivity index (χ2v) is 8.39. The molecule has 1 amide bonds. The Balaban J connectivity index is 2.63. The van der Waals surface area contributed by atoms with Gasteiger partial charge in [-0.15, -0.1) is 0 Å². The molecule has 1 aliphatic rings. The Labute approximate surface area is 183 Å². The topological polar surface area (TPSA) is 124 Å². The Morgan fingerprint density at radius 1 is 1.37 bits per heavy atom. The number of nitriles is 1. The number of nitrogens with two attached hydrogens (primary N) is 1. The summed E-state index contributed by atoms with van der Waals surface area (Å²) in [5.74, 6) is -1.41. The van der Waals surface area contributed by atoms with E-state index in [1.165, 1.54) is 0 Å². The maximum absolute atomic E-state index is 12.7. The monoisotopic (exact) mass is 477 g/mol. The number of ether oxygens (including phenoxy) is 3. The number of halogens is 1. The number of allylic oxidation sites excluding steroid dienone is 2. The van der Waals surface area contributed by atoms with Gasteiger partial charge in [0.1, 0.15) is 23.0 Å². The molecule has 0 saturated carbocycles. The molecule has 1 unspecified atom stereocenters. The quantitative estimate of drug-likeness (QED) is 0.613. The molecule has 0 radical (unpaired) electrons. The largest absolute Gasteiger partial charge is 0.463 e. The summed E-state index contributed by atoms with van der Waals surface area (Å²) in [6, 6.07) is 7.08. The first-order valence-corrected chi connectivity index (χ1v) is 10.0. The summed E-state index contributed by atoms with van der Waals surface area (Å²) in [7, 11) is 0. The molecule has 8 nitrogen and oxygen atoms in total. The molecule has 160 valence electrons. The van der Waals surface area contributed by atoms with Crippen LogP contribution in [0.2, 0.25) is 0 Å². The smallest absolute Gasteiger partial charge is 0.412 e. The van der Waals surface area contributed by atoms with Gasteiger partial charge in [0, 0.05) is 10.2 Å². The van der Waals surface area contributed by atoms with Gasteiger partial charge < -0.3 is 19.9 Å². The van der Waals surface area contributed by atoms with E-state index in [-0.39, 0.29) is 29.4 Å². The van der Waals surface area contributed by atoms with Crippen molar-refractivity contribution >= 4 is 33.7 Å². The van der Waals surface area contributed by atoms with Gasteiger partial charge in [0.15, 0.2) is 0 Å². The van der Waals surface area contributed by atoms with Crippen LogP contribution in [0.1, 0.15) is 46.1 Å². The van der Waals surface area contributed by atoms with Gasteiger partial charge in [-0.05, 0) is 52.3 Å². The van der Waals surface area contributed by atoms with E-state index in [1.807, 2.05) is 6.07 Å². The molecule has 0 bridgehead atoms. The predicted octanol–water partition coefficient (Wildman–Crippen LogP) is 4.44. The highest BCUT2D eigenvalue weighted by molar-refractivity contribution is 9.10. The summed E-state index contributed by atoms with van der Waals surface area (Å²) in [6.07, 6.45) is -0.678. The highest BCUT2D eigenvalue weighted by Gasteiger charge is 2.37. The minimum Gasteiger partial charge on any atom is -0.463 e. The molecule has 1 atom stereocenters. The number of benzene rings is 1. The maximum atomic E-state index is 12.7. The SMILES string of the molecule is CCOC(=O)C1=C(C)OC(N)=C(C#N)C1c1ccc(Br)cc1NC(=O)OC(C)(C)C. The molecule has 0 aromatic heterocycles. The van der Waals surface area contributed by atoms with Gasteiger partial charge in [-0.3, -0.25) is 5.32 Å². The first-order valence-electron chi connectivity index (χ1n) is 9.23. The molecule has 0 fully saturated rings. The fourth-order valence-corrected chi connectivity index (χ4v) is 3.33. The van der Waals surface area contributed by atoms with Crippen molar-refractivity contribution in [2.45, 2.75) is 46.1 Å². The van der Waals surface area contributed by atoms with Crippen LogP contribution in [0.4, 0.5) is 10.5 Å². The second-order valence-electron chi connectivity index (χ2n) is 7.47. The molecule has 2 rings (SSSR count). The van der Waals surface area contributed by atoms with E-state index in [0.717, 1.165) is 0 Å². The fourth-order valence-electron chi connectivity index (χ4n) is 2.97. The Bertz CT molecular complexity index is 970. The molecular formula is C21H24BrN3O5. The van der Waals surface area contributed by atoms with Crippen LogP contribution in [-0.2, 0) is 19.0 Å². The molecule has 1 aliphatic heterocycles. The third kappa shape index (κ3) is 5.33. The van der Waals surface area contributed by atoms with Gasteiger partial charge in [-0.25, -0.2) is 9.59 Å². The summed E-state index contributed by atoms with van der Waals surface area (Å²) in [6.45, 7) is 8.63. The van der Waals surface area contributed by atoms with Crippen molar-refractivity contribution in [3.63, 3.8) is 0 Å². The number of anilines is 1. The number of hydrogen-bond donors (Lipinski definition) is 2. The van der Waals surface area contributed by atoms with Crippen molar-refractivity contribution in [1.82, 2.24) is 0 Å². The lowest BCUT2D eigenvalue weighted by Gasteiger charge is -2.28. The Morgan fingerprint density at radius 3 is 2.60 bits per heavy atom. The normalized spacial score (nSPS) is 16.5. The summed E-state index contributed by atoms with van der Waals surface area (Å²) >= 11 is 3.37. The fraction of sp³-hybridized carbons (Fsp3) is 0.381. The standard InChI is InChI=1S/C21H24BrN3O5/c1-6-28-19(26)16-11(2)29-18(24)14(10-23)17(16)13-8-7-12(22)9-15(13)25-20(27)30-21(3,4)5/h7-9,17H,6,24H2,1-5H3,(H,25,27). The van der Waals surface area contributed by atoms with Gasteiger partial charge in [-0.1, -0.05) is 22.0 Å². The molecule has 0 spiro atoms. The summed E-state index contributed by atoms with van der Waals surface area (Å²) in [5.41, 5.74) is 6.22. The lowest BCUT2D eigenvalue weighted by atomic mass is 9.82. The third-order valence-corrected chi connectivity index (χ3v) is 4.56. The average molecular weight is 478 g/mol. The zero-order valence-corrected chi connectivity index (χ0v) is 19.0. The number of carbonyl (C=O) groups excluding carboxylic acids is 2. The van der Waals surface area contributed by atoms with E-state index in [0.29, 0.717) is 15.7 Å². The number of amides is 1. The summed E-state index contributed by atoms with van der Waals surface area (Å²) in [4.78, 5) is 25.1. The number of nitrogens with one attached hydrogen (secondary N) is 1. The molecule has 0 saturated heterocycles. The highest BCUT2D eigenvalue weighted by atomic mass is 79.9. The van der Waals surface area contributed by atoms with Crippen molar-refractivity contribution in [1.29, 1.82) is 5.26 Å². The minimum atomic E-state index is -0.888. The second kappa shape index (κ2) is 9.22. The summed E-state index contributed by atoms with van der Waals surface area (Å²) < 4.78 is 16.6. The van der Waals surface area contributed by atoms with Crippen molar-refractivity contribution < 1.29 is 23.8 Å². The maximum Gasteiger partial charge on any atom is 0.412 e. The zero-order valence-electron chi connectivity index (χ0n) is 17.5. The van der Waals surface area contributed by atoms with Crippen LogP contribution < -0.4 is 11.1 Å². The van der Waals surface area contributed by atoms with Crippen molar-refractivity contribution in [3.05, 3.63) is 51.0 Å². The van der Waals surface area contributed by atoms with Crippen LogP contribution in [0.25, 0.3) is 0 Å². The highest BCUT2D eigenvalue weighted by Crippen LogP contribution is 2.43. The number of hydrogen-bond acceptors (Lipinski definition) is 7. The van der Waals surface area contributed by atoms with Crippen LogP contribution in [0.3, 0.4) is 0 Å². The van der Waals surface area contributed by atoms with Crippen LogP contribution >= 0.6 is 15.9 Å². The first-order chi connectivity index (χ1) is 14.0. The number of nitrogens with zero attached hydrogens (tertiary/aromatic N) is 1. The Hall–Kier alpha value is -2.99. The predicted molar refractivity (Wildman–Crippen MR) is 114 cm³/mol. The van der Waals surface area contributed by atoms with Gasteiger partial charge >= 0.3 is 12.1 Å². The van der Waals surface area contributed by atoms with E-state index in [2.05, 4.69) is 21.2 Å². The molecule has 30 heavy (non-hydrogen) atoms. The minimum absolute atomic E-state index is 0.0400. The van der Waals surface area contributed by atoms with E-state index >= 15 is 0 Å². The first kappa shape index (κ1) is 23.3. The Kier molecular flexibility index (Phi) is 7.16. The average Bonchev–Trinajstić information content (AvgIpc) is 2.59. The van der Waals surface area contributed by atoms with Crippen LogP contribution in [0, 0.1) is 11.3 Å². The number of esters is 1. The molecule has 1 heterocycles.